The van der Waals surface area contributed by atoms with Crippen LogP contribution in [0.15, 0.2) is 55.3 Å². The van der Waals surface area contributed by atoms with E-state index in [2.05, 4.69) is 22.2 Å². The molecule has 118 valence electrons. The number of carbonyl (C=O) groups is 2. The van der Waals surface area contributed by atoms with Crippen LogP contribution in [0.3, 0.4) is 0 Å². The second-order valence-electron chi connectivity index (χ2n) is 4.74. The molecule has 1 heterocycles. The van der Waals surface area contributed by atoms with Gasteiger partial charge in [-0.15, -0.1) is 6.58 Å². The maximum Gasteiger partial charge on any atom is 0.270 e. The van der Waals surface area contributed by atoms with E-state index in [1.807, 2.05) is 12.1 Å². The summed E-state index contributed by atoms with van der Waals surface area (Å²) in [7, 11) is 0. The number of nitrogens with one attached hydrogen (secondary N) is 2. The Bertz CT molecular complexity index is 714. The van der Waals surface area contributed by atoms with Crippen molar-refractivity contribution in [2.75, 3.05) is 6.54 Å². The summed E-state index contributed by atoms with van der Waals surface area (Å²) in [4.78, 5) is 27.9. The number of hydrogen-bond acceptors (Lipinski definition) is 3. The SMILES string of the molecule is C=CCNC(=O)c1cc(C(=O)NCc2ccc(Cl)cc2)ccn1. The summed E-state index contributed by atoms with van der Waals surface area (Å²) in [5, 5.41) is 6.04. The van der Waals surface area contributed by atoms with E-state index in [1.54, 1.807) is 24.3 Å². The molecule has 0 bridgehead atoms. The third-order valence-corrected chi connectivity index (χ3v) is 3.28. The number of hydrogen-bond donors (Lipinski definition) is 2. The first kappa shape index (κ1) is 16.7. The lowest BCUT2D eigenvalue weighted by molar-refractivity contribution is 0.0951. The monoisotopic (exact) mass is 329 g/mol. The van der Waals surface area contributed by atoms with Crippen LogP contribution in [-0.2, 0) is 6.54 Å². The number of benzene rings is 1. The van der Waals surface area contributed by atoms with E-state index >= 15 is 0 Å². The fourth-order valence-corrected chi connectivity index (χ4v) is 1.96. The highest BCUT2D eigenvalue weighted by Gasteiger charge is 2.11. The fraction of sp³-hybridized carbons (Fsp3) is 0.118. The zero-order valence-corrected chi connectivity index (χ0v) is 13.1. The number of rotatable bonds is 6. The predicted octanol–water partition coefficient (Wildman–Crippen LogP) is 2.58. The molecular weight excluding hydrogens is 314 g/mol. The van der Waals surface area contributed by atoms with Crippen LogP contribution < -0.4 is 10.6 Å². The second-order valence-corrected chi connectivity index (χ2v) is 5.17. The molecule has 1 aromatic heterocycles. The minimum Gasteiger partial charge on any atom is -0.348 e. The van der Waals surface area contributed by atoms with E-state index in [1.165, 1.54) is 12.3 Å². The van der Waals surface area contributed by atoms with E-state index in [0.717, 1.165) is 5.56 Å². The summed E-state index contributed by atoms with van der Waals surface area (Å²) in [6.07, 6.45) is 3.00. The van der Waals surface area contributed by atoms with E-state index in [4.69, 9.17) is 11.6 Å². The van der Waals surface area contributed by atoms with E-state index in [-0.39, 0.29) is 17.5 Å². The molecule has 2 N–H and O–H groups in total. The van der Waals surface area contributed by atoms with Crippen molar-refractivity contribution in [2.24, 2.45) is 0 Å². The topological polar surface area (TPSA) is 71.1 Å². The molecule has 0 fully saturated rings. The van der Waals surface area contributed by atoms with E-state index in [0.29, 0.717) is 23.7 Å². The Hall–Kier alpha value is -2.66. The lowest BCUT2D eigenvalue weighted by Crippen LogP contribution is -2.26. The van der Waals surface area contributed by atoms with Gasteiger partial charge in [-0.25, -0.2) is 0 Å². The molecule has 0 aliphatic carbocycles. The summed E-state index contributed by atoms with van der Waals surface area (Å²) in [5.74, 6) is -0.627. The third-order valence-electron chi connectivity index (χ3n) is 3.03. The van der Waals surface area contributed by atoms with Gasteiger partial charge in [0.1, 0.15) is 5.69 Å². The van der Waals surface area contributed by atoms with Gasteiger partial charge in [0.15, 0.2) is 0 Å². The van der Waals surface area contributed by atoms with Gasteiger partial charge in [-0.3, -0.25) is 14.6 Å². The number of halogens is 1. The molecule has 0 saturated carbocycles. The number of carbonyl (C=O) groups excluding carboxylic acids is 2. The van der Waals surface area contributed by atoms with Crippen molar-refractivity contribution in [3.8, 4) is 0 Å². The van der Waals surface area contributed by atoms with Gasteiger partial charge in [0.05, 0.1) is 0 Å². The van der Waals surface area contributed by atoms with Gasteiger partial charge in [-0.2, -0.15) is 0 Å². The minimum atomic E-state index is -0.350. The van der Waals surface area contributed by atoms with Crippen molar-refractivity contribution in [3.05, 3.63) is 77.1 Å². The van der Waals surface area contributed by atoms with Crippen LogP contribution in [0.1, 0.15) is 26.4 Å². The lowest BCUT2D eigenvalue weighted by atomic mass is 10.2. The Morgan fingerprint density at radius 2 is 1.87 bits per heavy atom. The Morgan fingerprint density at radius 3 is 2.57 bits per heavy atom. The Kier molecular flexibility index (Phi) is 5.88. The molecule has 0 radical (unpaired) electrons. The lowest BCUT2D eigenvalue weighted by Gasteiger charge is -2.07. The van der Waals surface area contributed by atoms with Gasteiger partial charge >= 0.3 is 0 Å². The molecule has 6 heteroatoms. The summed E-state index contributed by atoms with van der Waals surface area (Å²) in [5.41, 5.74) is 1.49. The average molecular weight is 330 g/mol. The van der Waals surface area contributed by atoms with Gasteiger partial charge in [0.25, 0.3) is 11.8 Å². The molecule has 2 rings (SSSR count). The molecule has 0 saturated heterocycles. The molecule has 2 amide bonds. The number of nitrogens with zero attached hydrogens (tertiary/aromatic N) is 1. The highest BCUT2D eigenvalue weighted by molar-refractivity contribution is 6.30. The standard InChI is InChI=1S/C17H16ClN3O2/c1-2-8-20-17(23)15-10-13(7-9-19-15)16(22)21-11-12-3-5-14(18)6-4-12/h2-7,9-10H,1,8,11H2,(H,20,23)(H,21,22). The molecule has 0 unspecified atom stereocenters. The van der Waals surface area contributed by atoms with Gasteiger partial charge in [0, 0.05) is 29.9 Å². The molecule has 0 aliphatic heterocycles. The van der Waals surface area contributed by atoms with E-state index in [9.17, 15) is 9.59 Å². The number of amides is 2. The largest absolute Gasteiger partial charge is 0.348 e. The van der Waals surface area contributed by atoms with Gasteiger partial charge in [-0.05, 0) is 29.8 Å². The fourth-order valence-electron chi connectivity index (χ4n) is 1.84. The maximum atomic E-state index is 12.2. The molecule has 0 atom stereocenters. The Morgan fingerprint density at radius 1 is 1.13 bits per heavy atom. The van der Waals surface area contributed by atoms with Crippen molar-refractivity contribution in [2.45, 2.75) is 6.54 Å². The zero-order chi connectivity index (χ0) is 16.7. The minimum absolute atomic E-state index is 0.186. The molecular formula is C17H16ClN3O2. The smallest absolute Gasteiger partial charge is 0.270 e. The van der Waals surface area contributed by atoms with Crippen LogP contribution in [0.2, 0.25) is 5.02 Å². The molecule has 23 heavy (non-hydrogen) atoms. The predicted molar refractivity (Wildman–Crippen MR) is 89.4 cm³/mol. The number of aromatic nitrogens is 1. The van der Waals surface area contributed by atoms with Crippen molar-refractivity contribution in [1.82, 2.24) is 15.6 Å². The van der Waals surface area contributed by atoms with Crippen LogP contribution in [0.25, 0.3) is 0 Å². The van der Waals surface area contributed by atoms with Crippen LogP contribution in [-0.4, -0.2) is 23.3 Å². The third kappa shape index (κ3) is 4.93. The summed E-state index contributed by atoms with van der Waals surface area (Å²) < 4.78 is 0. The van der Waals surface area contributed by atoms with E-state index < -0.39 is 0 Å². The highest BCUT2D eigenvalue weighted by Crippen LogP contribution is 2.09. The molecule has 1 aromatic carbocycles. The second kappa shape index (κ2) is 8.10. The zero-order valence-electron chi connectivity index (χ0n) is 12.4. The summed E-state index contributed by atoms with van der Waals surface area (Å²) in [6.45, 7) is 4.24. The van der Waals surface area contributed by atoms with Gasteiger partial charge in [0.2, 0.25) is 0 Å². The van der Waals surface area contributed by atoms with Crippen molar-refractivity contribution in [1.29, 1.82) is 0 Å². The van der Waals surface area contributed by atoms with Gasteiger partial charge < -0.3 is 10.6 Å². The number of pyridine rings is 1. The van der Waals surface area contributed by atoms with Crippen LogP contribution >= 0.6 is 11.6 Å². The van der Waals surface area contributed by atoms with Gasteiger partial charge in [-0.1, -0.05) is 29.8 Å². The van der Waals surface area contributed by atoms with Crippen molar-refractivity contribution >= 4 is 23.4 Å². The Labute approximate surface area is 139 Å². The molecule has 0 aliphatic rings. The maximum absolute atomic E-state index is 12.2. The van der Waals surface area contributed by atoms with Crippen LogP contribution in [0.5, 0.6) is 0 Å². The molecule has 0 spiro atoms. The normalized spacial score (nSPS) is 9.96. The first-order valence-electron chi connectivity index (χ1n) is 6.98. The average Bonchev–Trinajstić information content (AvgIpc) is 2.59. The highest BCUT2D eigenvalue weighted by atomic mass is 35.5. The first-order valence-corrected chi connectivity index (χ1v) is 7.35. The Balaban J connectivity index is 2.00. The van der Waals surface area contributed by atoms with Crippen molar-refractivity contribution in [3.63, 3.8) is 0 Å². The molecule has 5 nitrogen and oxygen atoms in total. The van der Waals surface area contributed by atoms with Crippen molar-refractivity contribution < 1.29 is 9.59 Å². The summed E-state index contributed by atoms with van der Waals surface area (Å²) >= 11 is 5.82. The first-order chi connectivity index (χ1) is 11.1. The quantitative estimate of drug-likeness (QED) is 0.800. The summed E-state index contributed by atoms with van der Waals surface area (Å²) in [6, 6.07) is 10.2. The molecule has 2 aromatic rings. The van der Waals surface area contributed by atoms with Crippen LogP contribution in [0.4, 0.5) is 0 Å². The van der Waals surface area contributed by atoms with Crippen LogP contribution in [0, 0.1) is 0 Å².